The van der Waals surface area contributed by atoms with Crippen LogP contribution in [0.1, 0.15) is 11.8 Å². The molecule has 3 aromatic heterocycles. The average molecular weight is 265 g/mol. The summed E-state index contributed by atoms with van der Waals surface area (Å²) >= 11 is 7.83. The lowest BCUT2D eigenvalue weighted by atomic mass is 10.3. The van der Waals surface area contributed by atoms with Crippen molar-refractivity contribution in [2.45, 2.75) is 13.3 Å². The van der Waals surface area contributed by atoms with Crippen molar-refractivity contribution in [1.82, 2.24) is 9.97 Å². The fourth-order valence-corrected chi connectivity index (χ4v) is 2.88. The van der Waals surface area contributed by atoms with Gasteiger partial charge in [-0.1, -0.05) is 18.5 Å². The fourth-order valence-electron chi connectivity index (χ4n) is 1.63. The van der Waals surface area contributed by atoms with E-state index in [-0.39, 0.29) is 0 Å². The fraction of sp³-hybridized carbons (Fsp3) is 0.167. The molecule has 0 aliphatic carbocycles. The number of furan rings is 1. The predicted octanol–water partition coefficient (Wildman–Crippen LogP) is 4.17. The number of thiophene rings is 1. The number of hydrogen-bond acceptors (Lipinski definition) is 4. The minimum atomic E-state index is 0.502. The lowest BCUT2D eigenvalue weighted by molar-refractivity contribution is 0.568. The molecule has 5 heteroatoms. The number of nitrogens with zero attached hydrogens (tertiary/aromatic N) is 2. The molecule has 0 spiro atoms. The molecule has 0 atom stereocenters. The van der Waals surface area contributed by atoms with Gasteiger partial charge in [0.15, 0.2) is 5.82 Å². The van der Waals surface area contributed by atoms with E-state index in [0.29, 0.717) is 11.0 Å². The van der Waals surface area contributed by atoms with Crippen LogP contribution in [0.15, 0.2) is 29.1 Å². The quantitative estimate of drug-likeness (QED) is 0.652. The summed E-state index contributed by atoms with van der Waals surface area (Å²) in [4.78, 5) is 11.0. The molecule has 86 valence electrons. The summed E-state index contributed by atoms with van der Waals surface area (Å²) in [5.41, 5.74) is 0.847. The molecule has 3 aromatic rings. The van der Waals surface area contributed by atoms with E-state index in [4.69, 9.17) is 16.0 Å². The molecule has 3 heterocycles. The van der Waals surface area contributed by atoms with Gasteiger partial charge < -0.3 is 4.42 Å². The second-order valence-corrected chi connectivity index (χ2v) is 5.11. The summed E-state index contributed by atoms with van der Waals surface area (Å²) in [6.07, 6.45) is 4.20. The Balaban J connectivity index is 2.23. The third kappa shape index (κ3) is 1.83. The van der Waals surface area contributed by atoms with Crippen LogP contribution in [0.3, 0.4) is 0 Å². The van der Waals surface area contributed by atoms with Gasteiger partial charge in [0.2, 0.25) is 0 Å². The third-order valence-electron chi connectivity index (χ3n) is 2.53. The minimum absolute atomic E-state index is 0.502. The smallest absolute Gasteiger partial charge is 0.165 e. The predicted molar refractivity (Wildman–Crippen MR) is 69.5 cm³/mol. The minimum Gasteiger partial charge on any atom is -0.472 e. The second-order valence-electron chi connectivity index (χ2n) is 3.64. The van der Waals surface area contributed by atoms with Gasteiger partial charge in [0.05, 0.1) is 11.8 Å². The lowest BCUT2D eigenvalue weighted by Crippen LogP contribution is -1.87. The Labute approximate surface area is 107 Å². The van der Waals surface area contributed by atoms with Gasteiger partial charge in [-0.15, -0.1) is 11.3 Å². The molecule has 0 fully saturated rings. The lowest BCUT2D eigenvalue weighted by Gasteiger charge is -1.97. The Hall–Kier alpha value is -1.39. The van der Waals surface area contributed by atoms with Crippen LogP contribution < -0.4 is 0 Å². The van der Waals surface area contributed by atoms with Gasteiger partial charge >= 0.3 is 0 Å². The molecule has 3 nitrogen and oxygen atoms in total. The van der Waals surface area contributed by atoms with Crippen LogP contribution in [0.4, 0.5) is 0 Å². The first-order valence-electron chi connectivity index (χ1n) is 5.26. The highest BCUT2D eigenvalue weighted by molar-refractivity contribution is 7.18. The van der Waals surface area contributed by atoms with Crippen LogP contribution in [0.25, 0.3) is 21.6 Å². The Morgan fingerprint density at radius 2 is 2.29 bits per heavy atom. The first-order chi connectivity index (χ1) is 8.28. The van der Waals surface area contributed by atoms with E-state index in [0.717, 1.165) is 22.2 Å². The normalized spacial score (nSPS) is 11.2. The maximum atomic E-state index is 6.17. The van der Waals surface area contributed by atoms with Gasteiger partial charge in [0, 0.05) is 10.3 Å². The monoisotopic (exact) mass is 264 g/mol. The topological polar surface area (TPSA) is 38.9 Å². The van der Waals surface area contributed by atoms with Gasteiger partial charge in [0.1, 0.15) is 16.2 Å². The van der Waals surface area contributed by atoms with Gasteiger partial charge in [-0.05, 0) is 18.6 Å². The van der Waals surface area contributed by atoms with E-state index < -0.39 is 0 Å². The molecule has 0 radical (unpaired) electrons. The summed E-state index contributed by atoms with van der Waals surface area (Å²) < 4.78 is 5.03. The Morgan fingerprint density at radius 1 is 1.41 bits per heavy atom. The summed E-state index contributed by atoms with van der Waals surface area (Å²) in [5.74, 6) is 0.612. The Kier molecular flexibility index (Phi) is 2.61. The van der Waals surface area contributed by atoms with Crippen LogP contribution in [-0.4, -0.2) is 9.97 Å². The molecule has 0 aliphatic rings. The number of aryl methyl sites for hydroxylation is 1. The van der Waals surface area contributed by atoms with Gasteiger partial charge in [-0.3, -0.25) is 0 Å². The highest BCUT2D eigenvalue weighted by Crippen LogP contribution is 2.31. The number of hydrogen-bond donors (Lipinski definition) is 0. The van der Waals surface area contributed by atoms with Crippen LogP contribution in [0.2, 0.25) is 5.15 Å². The molecule has 0 amide bonds. The number of rotatable bonds is 2. The van der Waals surface area contributed by atoms with E-state index in [1.807, 2.05) is 6.07 Å². The second kappa shape index (κ2) is 4.13. The van der Waals surface area contributed by atoms with Crippen molar-refractivity contribution in [3.05, 3.63) is 34.7 Å². The SMILES string of the molecule is CCc1cc2c(Cl)nc(-c3ccoc3)nc2s1. The number of aromatic nitrogens is 2. The standard InChI is InChI=1S/C12H9ClN2OS/c1-2-8-5-9-10(13)14-11(15-12(9)17-8)7-3-4-16-6-7/h3-6H,2H2,1H3. The molecule has 0 aliphatic heterocycles. The van der Waals surface area contributed by atoms with Crippen molar-refractivity contribution < 1.29 is 4.42 Å². The van der Waals surface area contributed by atoms with Crippen LogP contribution in [-0.2, 0) is 6.42 Å². The molecule has 0 saturated carbocycles. The number of fused-ring (bicyclic) bond motifs is 1. The molecule has 0 unspecified atom stereocenters. The zero-order valence-electron chi connectivity index (χ0n) is 9.11. The van der Waals surface area contributed by atoms with E-state index >= 15 is 0 Å². The first kappa shape index (κ1) is 10.7. The molecule has 0 N–H and O–H groups in total. The number of halogens is 1. The molecule has 0 bridgehead atoms. The van der Waals surface area contributed by atoms with Crippen LogP contribution in [0.5, 0.6) is 0 Å². The van der Waals surface area contributed by atoms with E-state index in [2.05, 4.69) is 23.0 Å². The molecule has 0 aromatic carbocycles. The average Bonchev–Trinajstić information content (AvgIpc) is 2.97. The van der Waals surface area contributed by atoms with Gasteiger partial charge in [0.25, 0.3) is 0 Å². The summed E-state index contributed by atoms with van der Waals surface area (Å²) in [5, 5.41) is 1.43. The molecule has 17 heavy (non-hydrogen) atoms. The summed E-state index contributed by atoms with van der Waals surface area (Å²) in [6.45, 7) is 2.11. The molecular formula is C12H9ClN2OS. The van der Waals surface area contributed by atoms with Crippen LogP contribution >= 0.6 is 22.9 Å². The zero-order valence-corrected chi connectivity index (χ0v) is 10.7. The highest BCUT2D eigenvalue weighted by Gasteiger charge is 2.11. The Bertz CT molecular complexity index is 661. The van der Waals surface area contributed by atoms with Crippen molar-refractivity contribution in [3.63, 3.8) is 0 Å². The maximum absolute atomic E-state index is 6.17. The summed E-state index contributed by atoms with van der Waals surface area (Å²) in [7, 11) is 0. The van der Waals surface area contributed by atoms with Crippen LogP contribution in [0, 0.1) is 0 Å². The van der Waals surface area contributed by atoms with Crippen molar-refractivity contribution in [1.29, 1.82) is 0 Å². The van der Waals surface area contributed by atoms with Gasteiger partial charge in [-0.25, -0.2) is 9.97 Å². The maximum Gasteiger partial charge on any atom is 0.165 e. The van der Waals surface area contributed by atoms with Gasteiger partial charge in [-0.2, -0.15) is 0 Å². The first-order valence-corrected chi connectivity index (χ1v) is 6.46. The third-order valence-corrected chi connectivity index (χ3v) is 3.99. The molecular weight excluding hydrogens is 256 g/mol. The molecule has 3 rings (SSSR count). The largest absolute Gasteiger partial charge is 0.472 e. The van der Waals surface area contributed by atoms with Crippen molar-refractivity contribution >= 4 is 33.2 Å². The van der Waals surface area contributed by atoms with Crippen molar-refractivity contribution in [2.75, 3.05) is 0 Å². The Morgan fingerprint density at radius 3 is 3.00 bits per heavy atom. The van der Waals surface area contributed by atoms with E-state index in [1.54, 1.807) is 23.9 Å². The van der Waals surface area contributed by atoms with Crippen molar-refractivity contribution in [3.8, 4) is 11.4 Å². The highest BCUT2D eigenvalue weighted by atomic mass is 35.5. The van der Waals surface area contributed by atoms with Crippen molar-refractivity contribution in [2.24, 2.45) is 0 Å². The zero-order chi connectivity index (χ0) is 11.8. The van der Waals surface area contributed by atoms with E-state index in [1.165, 1.54) is 4.88 Å². The van der Waals surface area contributed by atoms with E-state index in [9.17, 15) is 0 Å². The summed E-state index contributed by atoms with van der Waals surface area (Å²) in [6, 6.07) is 3.88. The molecule has 0 saturated heterocycles.